The molecule has 0 bridgehead atoms. The maximum atomic E-state index is 12.5. The molecule has 178 valence electrons. The van der Waals surface area contributed by atoms with Crippen molar-refractivity contribution in [3.8, 4) is 11.5 Å². The number of fused-ring (bicyclic) bond motifs is 1. The fourth-order valence-corrected chi connectivity index (χ4v) is 3.54. The number of aromatic nitrogens is 4. The van der Waals surface area contributed by atoms with E-state index in [0.29, 0.717) is 28.6 Å². The molecule has 3 N–H and O–H groups in total. The Morgan fingerprint density at radius 2 is 1.61 bits per heavy atom. The number of ether oxygens (including phenoxy) is 1. The van der Waals surface area contributed by atoms with Crippen molar-refractivity contribution in [3.05, 3.63) is 97.2 Å². The minimum Gasteiger partial charge on any atom is -0.457 e. The van der Waals surface area contributed by atoms with E-state index in [2.05, 4.69) is 31.0 Å². The lowest BCUT2D eigenvalue weighted by molar-refractivity contribution is 0.102. The van der Waals surface area contributed by atoms with Gasteiger partial charge in [-0.15, -0.1) is 0 Å². The van der Waals surface area contributed by atoms with Crippen LogP contribution in [0.25, 0.3) is 10.9 Å². The second-order valence-corrected chi connectivity index (χ2v) is 7.82. The van der Waals surface area contributed by atoms with Crippen LogP contribution in [-0.4, -0.2) is 31.7 Å². The lowest BCUT2D eigenvalue weighted by Gasteiger charge is -2.11. The van der Waals surface area contributed by atoms with Crippen LogP contribution in [0, 0.1) is 0 Å². The van der Waals surface area contributed by atoms with Gasteiger partial charge in [0.1, 0.15) is 17.2 Å². The number of hydrogen-bond donors (Lipinski definition) is 3. The number of nitrogens with zero attached hydrogens (tertiary/aromatic N) is 4. The van der Waals surface area contributed by atoms with E-state index >= 15 is 0 Å². The van der Waals surface area contributed by atoms with Crippen molar-refractivity contribution in [1.29, 1.82) is 0 Å². The summed E-state index contributed by atoms with van der Waals surface area (Å²) in [6.45, 7) is 0. The molecule has 10 nitrogen and oxygen atoms in total. The summed E-state index contributed by atoms with van der Waals surface area (Å²) >= 11 is 0. The topological polar surface area (TPSA) is 123 Å². The summed E-state index contributed by atoms with van der Waals surface area (Å²) in [6, 6.07) is 18.7. The number of benzene rings is 2. The summed E-state index contributed by atoms with van der Waals surface area (Å²) in [5.74, 6) is 0.520. The van der Waals surface area contributed by atoms with Crippen molar-refractivity contribution in [2.24, 2.45) is 7.05 Å². The average Bonchev–Trinajstić information content (AvgIpc) is 3.25. The quantitative estimate of drug-likeness (QED) is 0.313. The molecule has 0 radical (unpaired) electrons. The van der Waals surface area contributed by atoms with Crippen LogP contribution in [0.15, 0.2) is 91.5 Å². The van der Waals surface area contributed by atoms with Gasteiger partial charge in [0.25, 0.3) is 5.91 Å². The minimum absolute atomic E-state index is 0.190. The molecule has 0 unspecified atom stereocenters. The first-order chi connectivity index (χ1) is 17.5. The average molecular weight is 480 g/mol. The molecule has 0 aliphatic heterocycles. The van der Waals surface area contributed by atoms with Crippen LogP contribution < -0.4 is 20.7 Å². The Balaban J connectivity index is 1.23. The Morgan fingerprint density at radius 3 is 2.44 bits per heavy atom. The predicted molar refractivity (Wildman–Crippen MR) is 136 cm³/mol. The van der Waals surface area contributed by atoms with Crippen molar-refractivity contribution in [3.63, 3.8) is 0 Å². The standard InChI is InChI=1S/C26H21N7O3/c1-33-24-8-7-19(12-17(24)15-29-33)32-26(35)31-18-4-2-6-21(13-18)36-22-9-11-28-23(14-22)25(34)30-20-5-3-10-27-16-20/h2-16H,1H3,(H,30,34)(H2,31,32,35). The number of hydrogen-bond acceptors (Lipinski definition) is 6. The molecule has 0 fully saturated rings. The molecule has 0 saturated heterocycles. The van der Waals surface area contributed by atoms with E-state index in [1.165, 1.54) is 12.3 Å². The van der Waals surface area contributed by atoms with Gasteiger partial charge in [-0.1, -0.05) is 6.07 Å². The van der Waals surface area contributed by atoms with Crippen molar-refractivity contribution in [2.75, 3.05) is 16.0 Å². The van der Waals surface area contributed by atoms with Crippen molar-refractivity contribution < 1.29 is 14.3 Å². The van der Waals surface area contributed by atoms with Crippen LogP contribution in [0.5, 0.6) is 11.5 Å². The zero-order chi connectivity index (χ0) is 24.9. The Morgan fingerprint density at radius 1 is 0.806 bits per heavy atom. The molecule has 3 aromatic heterocycles. The molecule has 0 aliphatic rings. The Hall–Kier alpha value is -5.25. The molecule has 0 spiro atoms. The monoisotopic (exact) mass is 479 g/mol. The van der Waals surface area contributed by atoms with Gasteiger partial charge in [0, 0.05) is 48.3 Å². The molecule has 36 heavy (non-hydrogen) atoms. The molecule has 0 aliphatic carbocycles. The Kier molecular flexibility index (Phi) is 6.22. The Bertz CT molecular complexity index is 1550. The third kappa shape index (κ3) is 5.28. The van der Waals surface area contributed by atoms with E-state index in [0.717, 1.165) is 10.9 Å². The van der Waals surface area contributed by atoms with E-state index in [9.17, 15) is 9.59 Å². The number of urea groups is 1. The van der Waals surface area contributed by atoms with Gasteiger partial charge in [-0.05, 0) is 48.5 Å². The van der Waals surface area contributed by atoms with Gasteiger partial charge in [0.15, 0.2) is 0 Å². The van der Waals surface area contributed by atoms with Gasteiger partial charge < -0.3 is 20.7 Å². The molecule has 10 heteroatoms. The van der Waals surface area contributed by atoms with Gasteiger partial charge in [0.2, 0.25) is 0 Å². The van der Waals surface area contributed by atoms with E-state index in [1.54, 1.807) is 65.7 Å². The maximum Gasteiger partial charge on any atom is 0.323 e. The Labute approximate surface area is 206 Å². The summed E-state index contributed by atoms with van der Waals surface area (Å²) in [5, 5.41) is 13.5. The first-order valence-corrected chi connectivity index (χ1v) is 11.0. The summed E-state index contributed by atoms with van der Waals surface area (Å²) in [4.78, 5) is 33.1. The first-order valence-electron chi connectivity index (χ1n) is 11.0. The summed E-state index contributed by atoms with van der Waals surface area (Å²) in [6.07, 6.45) is 6.40. The molecular formula is C26H21N7O3. The van der Waals surface area contributed by atoms with Crippen LogP contribution in [0.1, 0.15) is 10.5 Å². The molecule has 0 atom stereocenters. The normalized spacial score (nSPS) is 10.6. The number of aryl methyl sites for hydroxylation is 1. The molecule has 3 heterocycles. The summed E-state index contributed by atoms with van der Waals surface area (Å²) in [5.41, 5.74) is 2.91. The van der Waals surface area contributed by atoms with E-state index in [4.69, 9.17) is 4.74 Å². The predicted octanol–water partition coefficient (Wildman–Crippen LogP) is 5.05. The van der Waals surface area contributed by atoms with Crippen molar-refractivity contribution in [1.82, 2.24) is 19.7 Å². The number of nitrogens with one attached hydrogen (secondary N) is 3. The third-order valence-electron chi connectivity index (χ3n) is 5.22. The molecule has 2 aromatic carbocycles. The van der Waals surface area contributed by atoms with E-state index < -0.39 is 6.03 Å². The highest BCUT2D eigenvalue weighted by Crippen LogP contribution is 2.25. The van der Waals surface area contributed by atoms with Crippen LogP contribution in [0.2, 0.25) is 0 Å². The lowest BCUT2D eigenvalue weighted by Crippen LogP contribution is -2.19. The minimum atomic E-state index is -0.395. The lowest BCUT2D eigenvalue weighted by atomic mass is 10.2. The van der Waals surface area contributed by atoms with E-state index in [-0.39, 0.29) is 11.6 Å². The van der Waals surface area contributed by atoms with Gasteiger partial charge >= 0.3 is 6.03 Å². The fraction of sp³-hybridized carbons (Fsp3) is 0.0385. The number of amides is 3. The van der Waals surface area contributed by atoms with Gasteiger partial charge in [0.05, 0.1) is 23.6 Å². The zero-order valence-corrected chi connectivity index (χ0v) is 19.2. The molecule has 3 amide bonds. The second kappa shape index (κ2) is 9.94. The molecule has 5 aromatic rings. The van der Waals surface area contributed by atoms with Crippen molar-refractivity contribution in [2.45, 2.75) is 0 Å². The van der Waals surface area contributed by atoms with Crippen LogP contribution in [0.4, 0.5) is 21.9 Å². The highest BCUT2D eigenvalue weighted by atomic mass is 16.5. The number of anilines is 3. The highest BCUT2D eigenvalue weighted by molar-refractivity contribution is 6.03. The van der Waals surface area contributed by atoms with Crippen LogP contribution >= 0.6 is 0 Å². The summed E-state index contributed by atoms with van der Waals surface area (Å²) in [7, 11) is 1.86. The second-order valence-electron chi connectivity index (χ2n) is 7.82. The SMILES string of the molecule is Cn1ncc2cc(NC(=O)Nc3cccc(Oc4ccnc(C(=O)Nc5cccnc5)c4)c3)ccc21. The zero-order valence-electron chi connectivity index (χ0n) is 19.2. The number of rotatable bonds is 6. The number of carbonyl (C=O) groups is 2. The number of carbonyl (C=O) groups excluding carboxylic acids is 2. The summed E-state index contributed by atoms with van der Waals surface area (Å²) < 4.78 is 7.66. The van der Waals surface area contributed by atoms with Crippen LogP contribution in [-0.2, 0) is 7.05 Å². The largest absolute Gasteiger partial charge is 0.457 e. The molecular weight excluding hydrogens is 458 g/mol. The first kappa shape index (κ1) is 22.5. The molecule has 5 rings (SSSR count). The van der Waals surface area contributed by atoms with Crippen LogP contribution in [0.3, 0.4) is 0 Å². The van der Waals surface area contributed by atoms with Gasteiger partial charge in [-0.3, -0.25) is 19.4 Å². The maximum absolute atomic E-state index is 12.5. The molecule has 0 saturated carbocycles. The highest BCUT2D eigenvalue weighted by Gasteiger charge is 2.11. The van der Waals surface area contributed by atoms with Crippen molar-refractivity contribution >= 4 is 39.9 Å². The fourth-order valence-electron chi connectivity index (χ4n) is 3.54. The number of pyridine rings is 2. The van der Waals surface area contributed by atoms with Gasteiger partial charge in [-0.2, -0.15) is 5.10 Å². The third-order valence-corrected chi connectivity index (χ3v) is 5.22. The smallest absolute Gasteiger partial charge is 0.323 e. The van der Waals surface area contributed by atoms with E-state index in [1.807, 2.05) is 25.2 Å². The van der Waals surface area contributed by atoms with Gasteiger partial charge in [-0.25, -0.2) is 4.79 Å².